The van der Waals surface area contributed by atoms with Crippen LogP contribution in [-0.2, 0) is 11.3 Å². The van der Waals surface area contributed by atoms with E-state index in [1.807, 2.05) is 24.3 Å². The van der Waals surface area contributed by atoms with Gasteiger partial charge in [-0.1, -0.05) is 34.1 Å². The van der Waals surface area contributed by atoms with E-state index in [9.17, 15) is 9.59 Å². The van der Waals surface area contributed by atoms with Gasteiger partial charge < -0.3 is 10.6 Å². The molecule has 0 radical (unpaired) electrons. The maximum absolute atomic E-state index is 12.6. The molecule has 1 spiro atoms. The highest BCUT2D eigenvalue weighted by Gasteiger charge is 2.51. The fraction of sp³-hybridized carbons (Fsp3) is 0.429. The minimum Gasteiger partial charge on any atom is -0.323 e. The van der Waals surface area contributed by atoms with Gasteiger partial charge in [0.15, 0.2) is 0 Å². The Hall–Kier alpha value is -1.40. The van der Waals surface area contributed by atoms with Crippen LogP contribution in [-0.4, -0.2) is 35.5 Å². The number of nitrogens with zero attached hydrogens (tertiary/aromatic N) is 1. The SMILES string of the molecule is O=C1NC2(CCNCC2)C(=O)N1Cc1ccccc1Br. The minimum absolute atomic E-state index is 0.0975. The molecule has 20 heavy (non-hydrogen) atoms. The van der Waals surface area contributed by atoms with Gasteiger partial charge in [-0.3, -0.25) is 9.69 Å². The maximum Gasteiger partial charge on any atom is 0.325 e. The van der Waals surface area contributed by atoms with E-state index in [0.29, 0.717) is 19.4 Å². The number of imide groups is 1. The molecule has 1 aromatic rings. The number of nitrogens with one attached hydrogen (secondary N) is 2. The van der Waals surface area contributed by atoms with Gasteiger partial charge >= 0.3 is 6.03 Å². The molecule has 2 saturated heterocycles. The first-order valence-electron chi connectivity index (χ1n) is 6.71. The fourth-order valence-electron chi connectivity index (χ4n) is 2.81. The molecule has 0 aliphatic carbocycles. The van der Waals surface area contributed by atoms with Gasteiger partial charge in [0.25, 0.3) is 5.91 Å². The van der Waals surface area contributed by atoms with Gasteiger partial charge in [0.2, 0.25) is 0 Å². The van der Waals surface area contributed by atoms with Crippen molar-refractivity contribution in [3.05, 3.63) is 34.3 Å². The molecule has 0 saturated carbocycles. The average molecular weight is 338 g/mol. The molecule has 2 fully saturated rings. The highest BCUT2D eigenvalue weighted by Crippen LogP contribution is 2.29. The Kier molecular flexibility index (Phi) is 3.52. The Labute approximate surface area is 125 Å². The quantitative estimate of drug-likeness (QED) is 0.806. The van der Waals surface area contributed by atoms with Crippen molar-refractivity contribution in [3.8, 4) is 0 Å². The molecule has 5 nitrogen and oxygen atoms in total. The average Bonchev–Trinajstić information content (AvgIpc) is 2.66. The normalized spacial score (nSPS) is 21.4. The zero-order valence-electron chi connectivity index (χ0n) is 11.0. The van der Waals surface area contributed by atoms with Crippen LogP contribution in [0, 0.1) is 0 Å². The van der Waals surface area contributed by atoms with Gasteiger partial charge in [0.1, 0.15) is 5.54 Å². The number of urea groups is 1. The molecule has 2 aliphatic rings. The monoisotopic (exact) mass is 337 g/mol. The summed E-state index contributed by atoms with van der Waals surface area (Å²) in [4.78, 5) is 26.1. The molecule has 0 unspecified atom stereocenters. The Morgan fingerprint density at radius 1 is 1.20 bits per heavy atom. The van der Waals surface area contributed by atoms with Crippen LogP contribution < -0.4 is 10.6 Å². The van der Waals surface area contributed by atoms with Crippen molar-refractivity contribution in [2.24, 2.45) is 0 Å². The number of carbonyl (C=O) groups excluding carboxylic acids is 2. The lowest BCUT2D eigenvalue weighted by Gasteiger charge is -2.31. The topological polar surface area (TPSA) is 61.4 Å². The first kappa shape index (κ1) is 13.6. The van der Waals surface area contributed by atoms with Crippen LogP contribution in [0.2, 0.25) is 0 Å². The molecule has 3 amide bonds. The summed E-state index contributed by atoms with van der Waals surface area (Å²) in [6, 6.07) is 7.35. The first-order chi connectivity index (χ1) is 9.62. The van der Waals surface area contributed by atoms with E-state index in [1.165, 1.54) is 4.90 Å². The Bertz CT molecular complexity index is 555. The van der Waals surface area contributed by atoms with E-state index in [-0.39, 0.29) is 11.9 Å². The molecule has 106 valence electrons. The van der Waals surface area contributed by atoms with Gasteiger partial charge in [0, 0.05) is 4.47 Å². The van der Waals surface area contributed by atoms with Crippen molar-refractivity contribution in [1.82, 2.24) is 15.5 Å². The smallest absolute Gasteiger partial charge is 0.323 e. The molecule has 6 heteroatoms. The van der Waals surface area contributed by atoms with Crippen molar-refractivity contribution in [1.29, 1.82) is 0 Å². The Morgan fingerprint density at radius 3 is 2.60 bits per heavy atom. The highest BCUT2D eigenvalue weighted by molar-refractivity contribution is 9.10. The van der Waals surface area contributed by atoms with Gasteiger partial charge in [0.05, 0.1) is 6.54 Å². The van der Waals surface area contributed by atoms with E-state index in [2.05, 4.69) is 26.6 Å². The number of halogens is 1. The number of amides is 3. The van der Waals surface area contributed by atoms with E-state index in [4.69, 9.17) is 0 Å². The summed E-state index contributed by atoms with van der Waals surface area (Å²) in [7, 11) is 0. The lowest BCUT2D eigenvalue weighted by atomic mass is 9.88. The van der Waals surface area contributed by atoms with Crippen LogP contribution in [0.15, 0.2) is 28.7 Å². The second-order valence-corrected chi connectivity index (χ2v) is 6.10. The van der Waals surface area contributed by atoms with Gasteiger partial charge in [-0.25, -0.2) is 4.79 Å². The lowest BCUT2D eigenvalue weighted by Crippen LogP contribution is -2.53. The second kappa shape index (κ2) is 5.18. The molecule has 2 aliphatic heterocycles. The summed E-state index contributed by atoms with van der Waals surface area (Å²) in [6.07, 6.45) is 1.31. The number of carbonyl (C=O) groups is 2. The van der Waals surface area contributed by atoms with Gasteiger partial charge in [-0.15, -0.1) is 0 Å². The number of benzene rings is 1. The first-order valence-corrected chi connectivity index (χ1v) is 7.50. The van der Waals surface area contributed by atoms with Crippen LogP contribution >= 0.6 is 15.9 Å². The van der Waals surface area contributed by atoms with Crippen LogP contribution in [0.25, 0.3) is 0 Å². The molecule has 0 atom stereocenters. The van der Waals surface area contributed by atoms with Crippen LogP contribution in [0.4, 0.5) is 4.79 Å². The molecule has 0 aromatic heterocycles. The van der Waals surface area contributed by atoms with Crippen LogP contribution in [0.5, 0.6) is 0 Å². The third-order valence-corrected chi connectivity index (χ3v) is 4.76. The maximum atomic E-state index is 12.6. The Morgan fingerprint density at radius 2 is 1.90 bits per heavy atom. The van der Waals surface area contributed by atoms with E-state index in [0.717, 1.165) is 23.1 Å². The number of hydrogen-bond acceptors (Lipinski definition) is 3. The molecule has 1 aromatic carbocycles. The summed E-state index contributed by atoms with van der Waals surface area (Å²) in [5.74, 6) is -0.0975. The number of piperidine rings is 1. The van der Waals surface area contributed by atoms with Crippen molar-refractivity contribution in [2.45, 2.75) is 24.9 Å². The van der Waals surface area contributed by atoms with Crippen molar-refractivity contribution >= 4 is 27.9 Å². The lowest BCUT2D eigenvalue weighted by molar-refractivity contribution is -0.132. The van der Waals surface area contributed by atoms with Crippen LogP contribution in [0.1, 0.15) is 18.4 Å². The number of hydrogen-bond donors (Lipinski definition) is 2. The molecule has 2 heterocycles. The molecule has 0 bridgehead atoms. The summed E-state index contributed by atoms with van der Waals surface area (Å²) in [5, 5.41) is 6.11. The third kappa shape index (κ3) is 2.23. The molecular weight excluding hydrogens is 322 g/mol. The molecular formula is C14H16BrN3O2. The van der Waals surface area contributed by atoms with Crippen LogP contribution in [0.3, 0.4) is 0 Å². The van der Waals surface area contributed by atoms with Gasteiger partial charge in [-0.2, -0.15) is 0 Å². The van der Waals surface area contributed by atoms with E-state index < -0.39 is 5.54 Å². The highest BCUT2D eigenvalue weighted by atomic mass is 79.9. The van der Waals surface area contributed by atoms with Crippen molar-refractivity contribution in [3.63, 3.8) is 0 Å². The largest absolute Gasteiger partial charge is 0.325 e. The summed E-state index contributed by atoms with van der Waals surface area (Å²) < 4.78 is 0.909. The minimum atomic E-state index is -0.691. The zero-order chi connectivity index (χ0) is 14.2. The second-order valence-electron chi connectivity index (χ2n) is 5.24. The summed E-state index contributed by atoms with van der Waals surface area (Å²) >= 11 is 3.45. The number of rotatable bonds is 2. The fourth-order valence-corrected chi connectivity index (χ4v) is 3.22. The summed E-state index contributed by atoms with van der Waals surface area (Å²) in [5.41, 5.74) is 0.242. The standard InChI is InChI=1S/C14H16BrN3O2/c15-11-4-2-1-3-10(11)9-18-12(19)14(17-13(18)20)5-7-16-8-6-14/h1-4,16H,5-9H2,(H,17,20). The van der Waals surface area contributed by atoms with Gasteiger partial charge in [-0.05, 0) is 37.6 Å². The molecule has 2 N–H and O–H groups in total. The predicted molar refractivity (Wildman–Crippen MR) is 78.1 cm³/mol. The zero-order valence-corrected chi connectivity index (χ0v) is 12.6. The summed E-state index contributed by atoms with van der Waals surface area (Å²) in [6.45, 7) is 1.82. The third-order valence-electron chi connectivity index (χ3n) is 3.99. The van der Waals surface area contributed by atoms with Crippen molar-refractivity contribution < 1.29 is 9.59 Å². The Balaban J connectivity index is 1.82. The molecule has 3 rings (SSSR count). The van der Waals surface area contributed by atoms with E-state index >= 15 is 0 Å². The van der Waals surface area contributed by atoms with Crippen molar-refractivity contribution in [2.75, 3.05) is 13.1 Å². The van der Waals surface area contributed by atoms with E-state index in [1.54, 1.807) is 0 Å². The predicted octanol–water partition coefficient (Wildman–Crippen LogP) is 1.62.